The second kappa shape index (κ2) is 4.33. The Morgan fingerprint density at radius 3 is 2.71 bits per heavy atom. The summed E-state index contributed by atoms with van der Waals surface area (Å²) in [4.78, 5) is 25.9. The van der Waals surface area contributed by atoms with E-state index < -0.39 is 17.1 Å². The van der Waals surface area contributed by atoms with Crippen molar-refractivity contribution in [3.05, 3.63) is 44.4 Å². The molecule has 0 aliphatic carbocycles. The second-order valence-electron chi connectivity index (χ2n) is 3.61. The van der Waals surface area contributed by atoms with E-state index in [1.807, 2.05) is 0 Å². The number of halogens is 2. The van der Waals surface area contributed by atoms with Crippen molar-refractivity contribution in [2.75, 3.05) is 0 Å². The largest absolute Gasteiger partial charge is 0.328 e. The zero-order valence-corrected chi connectivity index (χ0v) is 9.84. The van der Waals surface area contributed by atoms with Gasteiger partial charge in [-0.25, -0.2) is 9.18 Å². The number of fused-ring (bicyclic) bond motifs is 1. The second-order valence-corrected chi connectivity index (χ2v) is 3.88. The van der Waals surface area contributed by atoms with E-state index in [0.29, 0.717) is 5.56 Å². The Balaban J connectivity index is 2.97. The van der Waals surface area contributed by atoms with Gasteiger partial charge in [-0.2, -0.15) is 0 Å². The first-order chi connectivity index (χ1) is 8.08. The molecule has 1 aromatic heterocycles. The van der Waals surface area contributed by atoms with E-state index >= 15 is 0 Å². The fraction of sp³-hybridized carbons (Fsp3) is 0.273. The molecule has 1 heterocycles. The lowest BCUT2D eigenvalue weighted by molar-refractivity contribution is 0.627. The van der Waals surface area contributed by atoms with Crippen molar-refractivity contribution in [1.82, 2.24) is 9.55 Å². The number of nitrogens with one attached hydrogen (secondary N) is 1. The molecular formula is C11H10ClFN2O2. The average Bonchev–Trinajstić information content (AvgIpc) is 2.28. The molecule has 0 bridgehead atoms. The first-order valence-electron chi connectivity index (χ1n) is 5.09. The standard InChI is InChI=1S/C11H10ClFN2O2/c1-2-15-10(16)9-7(13)3-6(5-12)4-8(9)14-11(15)17/h3-4H,2,5H2,1H3,(H,14,17). The molecule has 1 aromatic carbocycles. The van der Waals surface area contributed by atoms with E-state index in [-0.39, 0.29) is 23.3 Å². The molecule has 1 N–H and O–H groups in total. The van der Waals surface area contributed by atoms with Crippen molar-refractivity contribution in [2.45, 2.75) is 19.3 Å². The van der Waals surface area contributed by atoms with E-state index in [1.165, 1.54) is 12.1 Å². The topological polar surface area (TPSA) is 54.9 Å². The fourth-order valence-corrected chi connectivity index (χ4v) is 1.91. The average molecular weight is 257 g/mol. The third-order valence-corrected chi connectivity index (χ3v) is 2.87. The smallest absolute Gasteiger partial charge is 0.307 e. The van der Waals surface area contributed by atoms with Gasteiger partial charge < -0.3 is 4.98 Å². The van der Waals surface area contributed by atoms with Crippen molar-refractivity contribution in [3.8, 4) is 0 Å². The van der Waals surface area contributed by atoms with Gasteiger partial charge >= 0.3 is 5.69 Å². The van der Waals surface area contributed by atoms with Gasteiger partial charge in [-0.15, -0.1) is 11.6 Å². The van der Waals surface area contributed by atoms with Crippen LogP contribution < -0.4 is 11.2 Å². The quantitative estimate of drug-likeness (QED) is 0.830. The normalized spacial score (nSPS) is 11.0. The van der Waals surface area contributed by atoms with Crippen LogP contribution >= 0.6 is 11.6 Å². The van der Waals surface area contributed by atoms with E-state index in [0.717, 1.165) is 4.57 Å². The Morgan fingerprint density at radius 1 is 1.41 bits per heavy atom. The lowest BCUT2D eigenvalue weighted by atomic mass is 10.1. The SMILES string of the molecule is CCn1c(=O)[nH]c2cc(CCl)cc(F)c2c1=O. The Bertz CT molecular complexity index is 690. The van der Waals surface area contributed by atoms with Crippen LogP contribution in [0.5, 0.6) is 0 Å². The summed E-state index contributed by atoms with van der Waals surface area (Å²) < 4.78 is 14.7. The molecule has 4 nitrogen and oxygen atoms in total. The summed E-state index contributed by atoms with van der Waals surface area (Å²) in [5.41, 5.74) is -0.470. The Hall–Kier alpha value is -1.62. The first-order valence-corrected chi connectivity index (χ1v) is 5.63. The monoisotopic (exact) mass is 256 g/mol. The zero-order valence-electron chi connectivity index (χ0n) is 9.09. The Morgan fingerprint density at radius 2 is 2.12 bits per heavy atom. The molecule has 0 radical (unpaired) electrons. The fourth-order valence-electron chi connectivity index (χ4n) is 1.75. The number of rotatable bonds is 2. The molecule has 6 heteroatoms. The number of hydrogen-bond acceptors (Lipinski definition) is 2. The van der Waals surface area contributed by atoms with Gasteiger partial charge in [-0.3, -0.25) is 9.36 Å². The molecule has 0 saturated carbocycles. The van der Waals surface area contributed by atoms with Gasteiger partial charge in [0, 0.05) is 12.4 Å². The van der Waals surface area contributed by atoms with Crippen LogP contribution in [0.4, 0.5) is 4.39 Å². The molecule has 0 amide bonds. The molecule has 0 aliphatic heterocycles. The van der Waals surface area contributed by atoms with Crippen LogP contribution in [0.25, 0.3) is 10.9 Å². The van der Waals surface area contributed by atoms with Gasteiger partial charge in [0.1, 0.15) is 5.82 Å². The molecule has 90 valence electrons. The van der Waals surface area contributed by atoms with Crippen LogP contribution in [0.3, 0.4) is 0 Å². The number of H-pyrrole nitrogens is 1. The van der Waals surface area contributed by atoms with Crippen LogP contribution in [0.1, 0.15) is 12.5 Å². The third-order valence-electron chi connectivity index (χ3n) is 2.57. The van der Waals surface area contributed by atoms with Gasteiger partial charge in [0.05, 0.1) is 10.9 Å². The summed E-state index contributed by atoms with van der Waals surface area (Å²) in [6.45, 7) is 1.84. The lowest BCUT2D eigenvalue weighted by Crippen LogP contribution is -2.34. The number of aromatic nitrogens is 2. The van der Waals surface area contributed by atoms with Gasteiger partial charge in [-0.05, 0) is 24.6 Å². The van der Waals surface area contributed by atoms with Crippen LogP contribution in [0.2, 0.25) is 0 Å². The lowest BCUT2D eigenvalue weighted by Gasteiger charge is -2.05. The van der Waals surface area contributed by atoms with Crippen LogP contribution in [0.15, 0.2) is 21.7 Å². The molecule has 2 rings (SSSR count). The predicted octanol–water partition coefficient (Wildman–Crippen LogP) is 1.59. The minimum Gasteiger partial charge on any atom is -0.307 e. The first kappa shape index (κ1) is 11.9. The van der Waals surface area contributed by atoms with Gasteiger partial charge in [0.2, 0.25) is 0 Å². The maximum absolute atomic E-state index is 13.7. The maximum Gasteiger partial charge on any atom is 0.328 e. The molecule has 0 fully saturated rings. The highest BCUT2D eigenvalue weighted by Gasteiger charge is 2.11. The van der Waals surface area contributed by atoms with E-state index in [1.54, 1.807) is 6.92 Å². The summed E-state index contributed by atoms with van der Waals surface area (Å²) >= 11 is 5.60. The van der Waals surface area contributed by atoms with Crippen LogP contribution in [-0.4, -0.2) is 9.55 Å². The Labute approximate surface area is 101 Å². The molecule has 17 heavy (non-hydrogen) atoms. The summed E-state index contributed by atoms with van der Waals surface area (Å²) in [6, 6.07) is 2.71. The highest BCUT2D eigenvalue weighted by atomic mass is 35.5. The summed E-state index contributed by atoms with van der Waals surface area (Å²) in [6.07, 6.45) is 0. The van der Waals surface area contributed by atoms with Gasteiger partial charge in [-0.1, -0.05) is 0 Å². The molecule has 0 aliphatic rings. The van der Waals surface area contributed by atoms with Crippen molar-refractivity contribution in [3.63, 3.8) is 0 Å². The highest BCUT2D eigenvalue weighted by molar-refractivity contribution is 6.17. The molecular weight excluding hydrogens is 247 g/mol. The van der Waals surface area contributed by atoms with Gasteiger partial charge in [0.25, 0.3) is 5.56 Å². The molecule has 0 spiro atoms. The third kappa shape index (κ3) is 1.86. The van der Waals surface area contributed by atoms with Crippen molar-refractivity contribution >= 4 is 22.5 Å². The maximum atomic E-state index is 13.7. The number of nitrogens with zero attached hydrogens (tertiary/aromatic N) is 1. The molecule has 0 atom stereocenters. The minimum absolute atomic E-state index is 0.111. The summed E-state index contributed by atoms with van der Waals surface area (Å²) in [5.74, 6) is -0.548. The zero-order chi connectivity index (χ0) is 12.6. The van der Waals surface area contributed by atoms with Crippen molar-refractivity contribution in [1.29, 1.82) is 0 Å². The van der Waals surface area contributed by atoms with Crippen molar-refractivity contribution in [2.24, 2.45) is 0 Å². The van der Waals surface area contributed by atoms with Crippen LogP contribution in [0, 0.1) is 5.82 Å². The van der Waals surface area contributed by atoms with E-state index in [4.69, 9.17) is 11.6 Å². The number of benzene rings is 1. The predicted molar refractivity (Wildman–Crippen MR) is 64.0 cm³/mol. The van der Waals surface area contributed by atoms with Crippen LogP contribution in [-0.2, 0) is 12.4 Å². The summed E-state index contributed by atoms with van der Waals surface area (Å²) in [7, 11) is 0. The Kier molecular flexibility index (Phi) is 3.02. The molecule has 0 unspecified atom stereocenters. The number of alkyl halides is 1. The number of hydrogen-bond donors (Lipinski definition) is 1. The van der Waals surface area contributed by atoms with E-state index in [9.17, 15) is 14.0 Å². The van der Waals surface area contributed by atoms with Gasteiger partial charge in [0.15, 0.2) is 0 Å². The minimum atomic E-state index is -0.665. The summed E-state index contributed by atoms with van der Waals surface area (Å²) in [5, 5.41) is -0.111. The molecule has 2 aromatic rings. The van der Waals surface area contributed by atoms with E-state index in [2.05, 4.69) is 4.98 Å². The van der Waals surface area contributed by atoms with Crippen molar-refractivity contribution < 1.29 is 4.39 Å². The number of aromatic amines is 1. The molecule has 0 saturated heterocycles. The highest BCUT2D eigenvalue weighted by Crippen LogP contribution is 2.15.